The second-order valence-electron chi connectivity index (χ2n) is 6.17. The van der Waals surface area contributed by atoms with Crippen LogP contribution in [0.1, 0.15) is 29.9 Å². The Hall–Kier alpha value is -1.66. The van der Waals surface area contributed by atoms with Crippen molar-refractivity contribution in [2.45, 2.75) is 32.9 Å². The van der Waals surface area contributed by atoms with E-state index in [-0.39, 0.29) is 11.9 Å². The molecule has 0 aliphatic carbocycles. The fourth-order valence-electron chi connectivity index (χ4n) is 2.61. The minimum Gasteiger partial charge on any atom is -0.347 e. The van der Waals surface area contributed by atoms with Gasteiger partial charge in [-0.05, 0) is 31.0 Å². The molecule has 2 aromatic heterocycles. The molecule has 0 radical (unpaired) electrons. The van der Waals surface area contributed by atoms with E-state index in [1.165, 1.54) is 11.3 Å². The number of amides is 1. The van der Waals surface area contributed by atoms with Crippen LogP contribution < -0.4 is 10.6 Å². The third-order valence-corrected chi connectivity index (χ3v) is 4.83. The molecule has 0 unspecified atom stereocenters. The second kappa shape index (κ2) is 6.62. The van der Waals surface area contributed by atoms with Gasteiger partial charge in [0.05, 0.1) is 11.1 Å². The lowest BCUT2D eigenvalue weighted by Crippen LogP contribution is -2.35. The van der Waals surface area contributed by atoms with Crippen LogP contribution in [0.15, 0.2) is 24.5 Å². The Bertz CT molecular complexity index is 640. The molecular weight excluding hydrogens is 296 g/mol. The van der Waals surface area contributed by atoms with Crippen molar-refractivity contribution in [2.75, 3.05) is 13.1 Å². The number of hydrogen-bond donors (Lipinski definition) is 2. The highest BCUT2D eigenvalue weighted by atomic mass is 32.1. The third-order valence-electron chi connectivity index (χ3n) is 3.70. The predicted octanol–water partition coefficient (Wildman–Crippen LogP) is 2.36. The van der Waals surface area contributed by atoms with Gasteiger partial charge in [0, 0.05) is 35.8 Å². The zero-order valence-corrected chi connectivity index (χ0v) is 13.8. The van der Waals surface area contributed by atoms with Crippen molar-refractivity contribution >= 4 is 17.2 Å². The standard InChI is InChI=1S/C16H22N4OS/c1-11(2)9-20-10-12(7-18-20)14-3-4-15(22-14)16(21)19-13-5-6-17-8-13/h3-4,7,10-11,13,17H,5-6,8-9H2,1-2H3,(H,19,21)/t13-/m0/s1. The van der Waals surface area contributed by atoms with Gasteiger partial charge < -0.3 is 10.6 Å². The molecule has 1 fully saturated rings. The highest BCUT2D eigenvalue weighted by molar-refractivity contribution is 7.17. The zero-order valence-electron chi connectivity index (χ0n) is 13.0. The lowest BCUT2D eigenvalue weighted by molar-refractivity contribution is 0.0944. The van der Waals surface area contributed by atoms with Gasteiger partial charge in [-0.1, -0.05) is 13.8 Å². The summed E-state index contributed by atoms with van der Waals surface area (Å²) in [6.07, 6.45) is 4.93. The molecule has 0 aromatic carbocycles. The van der Waals surface area contributed by atoms with Crippen LogP contribution in [0.2, 0.25) is 0 Å². The van der Waals surface area contributed by atoms with Crippen molar-refractivity contribution in [1.82, 2.24) is 20.4 Å². The van der Waals surface area contributed by atoms with Crippen molar-refractivity contribution in [1.29, 1.82) is 0 Å². The Balaban J connectivity index is 1.67. The van der Waals surface area contributed by atoms with Crippen LogP contribution in [0.25, 0.3) is 10.4 Å². The van der Waals surface area contributed by atoms with E-state index in [4.69, 9.17) is 0 Å². The van der Waals surface area contributed by atoms with Crippen molar-refractivity contribution in [3.8, 4) is 10.4 Å². The average Bonchev–Trinajstić information content (AvgIpc) is 3.18. The molecule has 0 spiro atoms. The maximum atomic E-state index is 12.2. The quantitative estimate of drug-likeness (QED) is 0.890. The fourth-order valence-corrected chi connectivity index (χ4v) is 3.50. The first-order valence-corrected chi connectivity index (χ1v) is 8.57. The van der Waals surface area contributed by atoms with Gasteiger partial charge in [-0.25, -0.2) is 0 Å². The summed E-state index contributed by atoms with van der Waals surface area (Å²) in [5.41, 5.74) is 1.08. The van der Waals surface area contributed by atoms with Gasteiger partial charge in [0.25, 0.3) is 5.91 Å². The number of rotatable bonds is 5. The maximum Gasteiger partial charge on any atom is 0.261 e. The van der Waals surface area contributed by atoms with Crippen molar-refractivity contribution in [3.63, 3.8) is 0 Å². The van der Waals surface area contributed by atoms with E-state index in [1.54, 1.807) is 0 Å². The first-order chi connectivity index (χ1) is 10.6. The highest BCUT2D eigenvalue weighted by Crippen LogP contribution is 2.28. The molecule has 1 aliphatic rings. The summed E-state index contributed by atoms with van der Waals surface area (Å²) in [6, 6.07) is 4.16. The Morgan fingerprint density at radius 2 is 2.41 bits per heavy atom. The molecule has 1 saturated heterocycles. The number of nitrogens with one attached hydrogen (secondary N) is 2. The number of carbonyl (C=O) groups excluding carboxylic acids is 1. The molecule has 6 heteroatoms. The highest BCUT2D eigenvalue weighted by Gasteiger charge is 2.19. The number of thiophene rings is 1. The van der Waals surface area contributed by atoms with Gasteiger partial charge in [0.2, 0.25) is 0 Å². The monoisotopic (exact) mass is 318 g/mol. The Morgan fingerprint density at radius 3 is 3.14 bits per heavy atom. The molecule has 118 valence electrons. The summed E-state index contributed by atoms with van der Waals surface area (Å²) >= 11 is 1.52. The van der Waals surface area contributed by atoms with Crippen LogP contribution >= 0.6 is 11.3 Å². The van der Waals surface area contributed by atoms with Crippen molar-refractivity contribution in [3.05, 3.63) is 29.4 Å². The summed E-state index contributed by atoms with van der Waals surface area (Å²) in [5, 5.41) is 10.7. The van der Waals surface area contributed by atoms with Crippen LogP contribution in [0.3, 0.4) is 0 Å². The topological polar surface area (TPSA) is 59.0 Å². The lowest BCUT2D eigenvalue weighted by Gasteiger charge is -2.09. The summed E-state index contributed by atoms with van der Waals surface area (Å²) in [5.74, 6) is 0.594. The summed E-state index contributed by atoms with van der Waals surface area (Å²) in [4.78, 5) is 14.1. The summed E-state index contributed by atoms with van der Waals surface area (Å²) in [7, 11) is 0. The van der Waals surface area contributed by atoms with E-state index in [2.05, 4.69) is 35.8 Å². The molecule has 0 saturated carbocycles. The van der Waals surface area contributed by atoms with Crippen molar-refractivity contribution < 1.29 is 4.79 Å². The molecule has 1 atom stereocenters. The average molecular weight is 318 g/mol. The van der Waals surface area contributed by atoms with Gasteiger partial charge in [-0.2, -0.15) is 5.10 Å². The predicted molar refractivity (Wildman–Crippen MR) is 89.1 cm³/mol. The molecule has 22 heavy (non-hydrogen) atoms. The molecule has 3 heterocycles. The van der Waals surface area contributed by atoms with E-state index in [0.29, 0.717) is 5.92 Å². The largest absolute Gasteiger partial charge is 0.347 e. The number of hydrogen-bond acceptors (Lipinski definition) is 4. The molecule has 3 rings (SSSR count). The van der Waals surface area contributed by atoms with Crippen LogP contribution in [-0.4, -0.2) is 34.8 Å². The van der Waals surface area contributed by atoms with Crippen LogP contribution in [0, 0.1) is 5.92 Å². The van der Waals surface area contributed by atoms with Crippen molar-refractivity contribution in [2.24, 2.45) is 5.92 Å². The summed E-state index contributed by atoms with van der Waals surface area (Å²) < 4.78 is 1.96. The van der Waals surface area contributed by atoms with Gasteiger partial charge in [-0.3, -0.25) is 9.48 Å². The molecule has 0 bridgehead atoms. The van der Waals surface area contributed by atoms with Gasteiger partial charge in [0.15, 0.2) is 0 Å². The molecule has 1 amide bonds. The first-order valence-electron chi connectivity index (χ1n) is 7.76. The number of aromatic nitrogens is 2. The van der Waals surface area contributed by atoms with E-state index < -0.39 is 0 Å². The molecule has 2 aromatic rings. The Labute approximate surface area is 134 Å². The Kier molecular flexibility index (Phi) is 4.59. The second-order valence-corrected chi connectivity index (χ2v) is 7.26. The van der Waals surface area contributed by atoms with Gasteiger partial charge in [-0.15, -0.1) is 11.3 Å². The van der Waals surface area contributed by atoms with Crippen LogP contribution in [0.4, 0.5) is 0 Å². The minimum atomic E-state index is 0.0273. The Morgan fingerprint density at radius 1 is 1.55 bits per heavy atom. The normalized spacial score (nSPS) is 18.0. The SMILES string of the molecule is CC(C)Cn1cc(-c2ccc(C(=O)N[C@H]3CCNC3)s2)cn1. The zero-order chi connectivity index (χ0) is 15.5. The van der Waals surface area contributed by atoms with E-state index in [1.807, 2.05) is 23.0 Å². The van der Waals surface area contributed by atoms with E-state index in [9.17, 15) is 4.79 Å². The maximum absolute atomic E-state index is 12.2. The lowest BCUT2D eigenvalue weighted by atomic mass is 10.2. The van der Waals surface area contributed by atoms with Crippen LogP contribution in [0.5, 0.6) is 0 Å². The number of carbonyl (C=O) groups is 1. The fraction of sp³-hybridized carbons (Fsp3) is 0.500. The molecule has 5 nitrogen and oxygen atoms in total. The number of nitrogens with zero attached hydrogens (tertiary/aromatic N) is 2. The molecule has 2 N–H and O–H groups in total. The minimum absolute atomic E-state index is 0.0273. The summed E-state index contributed by atoms with van der Waals surface area (Å²) in [6.45, 7) is 7.11. The first kappa shape index (κ1) is 15.2. The van der Waals surface area contributed by atoms with E-state index >= 15 is 0 Å². The van der Waals surface area contributed by atoms with Gasteiger partial charge in [0.1, 0.15) is 0 Å². The van der Waals surface area contributed by atoms with E-state index in [0.717, 1.165) is 41.4 Å². The smallest absolute Gasteiger partial charge is 0.261 e. The van der Waals surface area contributed by atoms with Gasteiger partial charge >= 0.3 is 0 Å². The van der Waals surface area contributed by atoms with Crippen LogP contribution in [-0.2, 0) is 6.54 Å². The molecule has 1 aliphatic heterocycles. The molecular formula is C16H22N4OS. The third kappa shape index (κ3) is 3.56.